The first-order chi connectivity index (χ1) is 19.8. The highest BCUT2D eigenvalue weighted by Gasteiger charge is 2.45. The number of rotatable bonds is 6. The summed E-state index contributed by atoms with van der Waals surface area (Å²) in [4.78, 5) is 2.81. The Morgan fingerprint density at radius 3 is 2.34 bits per heavy atom. The van der Waals surface area contributed by atoms with Crippen molar-refractivity contribution in [2.45, 2.75) is 135 Å². The zero-order valence-corrected chi connectivity index (χ0v) is 26.4. The van der Waals surface area contributed by atoms with Gasteiger partial charge < -0.3 is 9.84 Å². The van der Waals surface area contributed by atoms with Gasteiger partial charge in [-0.15, -0.1) is 0 Å². The van der Waals surface area contributed by atoms with Gasteiger partial charge in [0.1, 0.15) is 17.1 Å². The van der Waals surface area contributed by atoms with Gasteiger partial charge in [0.05, 0.1) is 0 Å². The summed E-state index contributed by atoms with van der Waals surface area (Å²) in [6, 6.07) is 15.4. The van der Waals surface area contributed by atoms with Gasteiger partial charge in [0.2, 0.25) is 0 Å². The van der Waals surface area contributed by atoms with Crippen LogP contribution in [0.5, 0.6) is 11.5 Å². The molecule has 1 saturated heterocycles. The molecular formula is C38H55NO2. The first kappa shape index (κ1) is 30.2. The standard InChI is InChI=1S/C21H30O2.C17H25N/c1-5-6-7-8-15-12-18(22)20-16-11-14(2)9-10-17(16)21(3,4)23-19(20)13-15;1-4-10-16(11-5-1)17(12-6-2-7-13-17)18-14-8-3-9-15-18/h11-13,16-17,22H,5-10H2,1-4H3;1,4-5,10-11H,2-3,6-9,12-15H2/t16-,17-;/m1./s1. The normalized spacial score (nSPS) is 25.0. The maximum atomic E-state index is 10.7. The monoisotopic (exact) mass is 557 g/mol. The average molecular weight is 558 g/mol. The number of allylic oxidation sites excluding steroid dienone is 2. The van der Waals surface area contributed by atoms with Gasteiger partial charge in [-0.3, -0.25) is 4.90 Å². The molecule has 0 bridgehead atoms. The van der Waals surface area contributed by atoms with E-state index in [1.807, 2.05) is 6.07 Å². The van der Waals surface area contributed by atoms with Crippen molar-refractivity contribution in [3.05, 3.63) is 70.8 Å². The van der Waals surface area contributed by atoms with Crippen molar-refractivity contribution >= 4 is 0 Å². The number of phenols is 1. The van der Waals surface area contributed by atoms with E-state index in [0.717, 1.165) is 30.6 Å². The molecular weight excluding hydrogens is 502 g/mol. The summed E-state index contributed by atoms with van der Waals surface area (Å²) < 4.78 is 6.36. The molecule has 3 heteroatoms. The van der Waals surface area contributed by atoms with E-state index in [-0.39, 0.29) is 11.5 Å². The molecule has 0 amide bonds. The van der Waals surface area contributed by atoms with Crippen molar-refractivity contribution in [1.29, 1.82) is 0 Å². The number of benzene rings is 2. The molecule has 1 N–H and O–H groups in total. The van der Waals surface area contributed by atoms with E-state index in [1.165, 1.54) is 94.9 Å². The molecule has 2 fully saturated rings. The Balaban J connectivity index is 0.000000169. The number of hydrogen-bond acceptors (Lipinski definition) is 3. The minimum absolute atomic E-state index is 0.177. The summed E-state index contributed by atoms with van der Waals surface area (Å²) in [6.45, 7) is 11.4. The zero-order chi connectivity index (χ0) is 28.9. The Kier molecular flexibility index (Phi) is 9.85. The predicted molar refractivity (Wildman–Crippen MR) is 172 cm³/mol. The highest BCUT2D eigenvalue weighted by molar-refractivity contribution is 5.54. The average Bonchev–Trinajstić information content (AvgIpc) is 2.98. The van der Waals surface area contributed by atoms with E-state index in [4.69, 9.17) is 4.74 Å². The van der Waals surface area contributed by atoms with Crippen LogP contribution in [0.2, 0.25) is 0 Å². The number of aryl methyl sites for hydroxylation is 1. The van der Waals surface area contributed by atoms with Crippen LogP contribution in [-0.4, -0.2) is 28.7 Å². The fraction of sp³-hybridized carbons (Fsp3) is 0.632. The summed E-state index contributed by atoms with van der Waals surface area (Å²) >= 11 is 0. The van der Waals surface area contributed by atoms with Crippen LogP contribution < -0.4 is 4.74 Å². The summed E-state index contributed by atoms with van der Waals surface area (Å²) in [5.41, 5.74) is 5.41. The summed E-state index contributed by atoms with van der Waals surface area (Å²) in [6.07, 6.45) is 20.5. The van der Waals surface area contributed by atoms with Crippen molar-refractivity contribution < 1.29 is 9.84 Å². The maximum absolute atomic E-state index is 10.7. The molecule has 4 aliphatic rings. The van der Waals surface area contributed by atoms with Crippen LogP contribution in [0.1, 0.15) is 134 Å². The summed E-state index contributed by atoms with van der Waals surface area (Å²) in [5, 5.41) is 10.7. The van der Waals surface area contributed by atoms with Gasteiger partial charge in [0.15, 0.2) is 0 Å². The fourth-order valence-electron chi connectivity index (χ4n) is 8.30. The Morgan fingerprint density at radius 1 is 0.927 bits per heavy atom. The van der Waals surface area contributed by atoms with Gasteiger partial charge >= 0.3 is 0 Å². The molecule has 41 heavy (non-hydrogen) atoms. The number of phenolic OH excluding ortho intramolecular Hbond substituents is 1. The molecule has 0 aromatic heterocycles. The van der Waals surface area contributed by atoms with Gasteiger partial charge in [-0.1, -0.05) is 87.4 Å². The Hall–Kier alpha value is -2.26. The van der Waals surface area contributed by atoms with E-state index in [0.29, 0.717) is 17.2 Å². The van der Waals surface area contributed by atoms with Crippen molar-refractivity contribution in [2.24, 2.45) is 5.92 Å². The molecule has 0 spiro atoms. The van der Waals surface area contributed by atoms with Crippen LogP contribution in [0.15, 0.2) is 54.1 Å². The second kappa shape index (κ2) is 13.4. The minimum atomic E-state index is -0.177. The van der Waals surface area contributed by atoms with Crippen LogP contribution in [0.25, 0.3) is 0 Å². The molecule has 1 saturated carbocycles. The van der Waals surface area contributed by atoms with Gasteiger partial charge in [-0.2, -0.15) is 0 Å². The minimum Gasteiger partial charge on any atom is -0.507 e. The lowest BCUT2D eigenvalue weighted by Gasteiger charge is -2.48. The first-order valence-corrected chi connectivity index (χ1v) is 16.9. The van der Waals surface area contributed by atoms with Crippen LogP contribution in [-0.2, 0) is 12.0 Å². The van der Waals surface area contributed by atoms with E-state index >= 15 is 0 Å². The van der Waals surface area contributed by atoms with Gasteiger partial charge in [-0.05, 0) is 108 Å². The van der Waals surface area contributed by atoms with E-state index in [1.54, 1.807) is 5.56 Å². The topological polar surface area (TPSA) is 32.7 Å². The Bertz CT molecular complexity index is 1150. The fourth-order valence-corrected chi connectivity index (χ4v) is 8.30. The second-order valence-corrected chi connectivity index (χ2v) is 13.9. The van der Waals surface area contributed by atoms with E-state index in [2.05, 4.69) is 75.1 Å². The van der Waals surface area contributed by atoms with Crippen LogP contribution >= 0.6 is 0 Å². The smallest absolute Gasteiger partial charge is 0.127 e. The molecule has 2 aliphatic heterocycles. The molecule has 2 aromatic carbocycles. The third-order valence-electron chi connectivity index (χ3n) is 10.5. The number of hydrogen-bond donors (Lipinski definition) is 1. The van der Waals surface area contributed by atoms with Gasteiger partial charge in [0.25, 0.3) is 0 Å². The molecule has 2 aliphatic carbocycles. The number of fused-ring (bicyclic) bond motifs is 3. The van der Waals surface area contributed by atoms with Crippen molar-refractivity contribution in [2.75, 3.05) is 13.1 Å². The lowest BCUT2D eigenvalue weighted by Crippen LogP contribution is -2.49. The third kappa shape index (κ3) is 6.71. The van der Waals surface area contributed by atoms with Crippen LogP contribution in [0.4, 0.5) is 0 Å². The molecule has 224 valence electrons. The quantitative estimate of drug-likeness (QED) is 0.283. The largest absolute Gasteiger partial charge is 0.507 e. The molecule has 6 rings (SSSR count). The summed E-state index contributed by atoms with van der Waals surface area (Å²) in [5.74, 6) is 2.04. The van der Waals surface area contributed by atoms with Gasteiger partial charge in [-0.25, -0.2) is 0 Å². The van der Waals surface area contributed by atoms with Crippen LogP contribution in [0.3, 0.4) is 0 Å². The maximum Gasteiger partial charge on any atom is 0.127 e. The number of piperidine rings is 1. The zero-order valence-electron chi connectivity index (χ0n) is 26.4. The molecule has 3 nitrogen and oxygen atoms in total. The highest BCUT2D eigenvalue weighted by atomic mass is 16.5. The number of unbranched alkanes of at least 4 members (excludes halogenated alkanes) is 2. The van der Waals surface area contributed by atoms with E-state index in [9.17, 15) is 5.11 Å². The molecule has 2 heterocycles. The van der Waals surface area contributed by atoms with Crippen LogP contribution in [0, 0.1) is 5.92 Å². The lowest BCUT2D eigenvalue weighted by molar-refractivity contribution is 0.0107. The first-order valence-electron chi connectivity index (χ1n) is 16.9. The number of likely N-dealkylation sites (tertiary alicyclic amines) is 1. The van der Waals surface area contributed by atoms with Gasteiger partial charge in [0, 0.05) is 22.9 Å². The Morgan fingerprint density at radius 2 is 1.63 bits per heavy atom. The van der Waals surface area contributed by atoms with E-state index < -0.39 is 0 Å². The second-order valence-electron chi connectivity index (χ2n) is 13.9. The third-order valence-corrected chi connectivity index (χ3v) is 10.5. The highest BCUT2D eigenvalue weighted by Crippen LogP contribution is 2.53. The lowest BCUT2D eigenvalue weighted by atomic mass is 9.68. The number of nitrogens with zero attached hydrogens (tertiary/aromatic N) is 1. The number of ether oxygens (including phenoxy) is 1. The molecule has 2 aromatic rings. The van der Waals surface area contributed by atoms with Crippen molar-refractivity contribution in [3.63, 3.8) is 0 Å². The predicted octanol–water partition coefficient (Wildman–Crippen LogP) is 10.1. The summed E-state index contributed by atoms with van der Waals surface area (Å²) in [7, 11) is 0. The molecule has 0 radical (unpaired) electrons. The SMILES string of the molecule is CCCCCc1cc(O)c2c(c1)OC(C)(C)[C@@H]1CCC(C)=C[C@@H]21.c1ccc(C2(N3CCCCC3)CCCCC2)cc1. The van der Waals surface area contributed by atoms with Crippen molar-refractivity contribution in [1.82, 2.24) is 4.90 Å². The van der Waals surface area contributed by atoms with Crippen molar-refractivity contribution in [3.8, 4) is 11.5 Å². The Labute approximate surface area is 250 Å². The molecule has 0 unspecified atom stereocenters. The number of aromatic hydroxyl groups is 1. The molecule has 2 atom stereocenters.